The van der Waals surface area contributed by atoms with Gasteiger partial charge in [0.1, 0.15) is 0 Å². The second kappa shape index (κ2) is 4.61. The molecular weight excluding hydrogens is 345 g/mol. The first-order chi connectivity index (χ1) is 8.13. The minimum atomic E-state index is -0.663. The fraction of sp³-hybridized carbons (Fsp3) is 0.125. The summed E-state index contributed by atoms with van der Waals surface area (Å²) in [6.45, 7) is 0. The summed E-state index contributed by atoms with van der Waals surface area (Å²) in [5.41, 5.74) is -0.0874. The third kappa shape index (κ3) is 2.18. The predicted molar refractivity (Wildman–Crippen MR) is 63.0 cm³/mol. The number of esters is 1. The summed E-state index contributed by atoms with van der Waals surface area (Å²) in [5.74, 6) is -0.848. The van der Waals surface area contributed by atoms with Gasteiger partial charge in [0.15, 0.2) is 11.1 Å². The number of aromatic nitrogens is 2. The molecule has 0 aliphatic carbocycles. The minimum Gasteiger partial charge on any atom is -0.416 e. The van der Waals surface area contributed by atoms with Crippen LogP contribution in [0.4, 0.5) is 5.69 Å². The van der Waals surface area contributed by atoms with Crippen molar-refractivity contribution in [2.75, 3.05) is 4.43 Å². The van der Waals surface area contributed by atoms with Crippen LogP contribution in [-0.2, 0) is 4.79 Å². The van der Waals surface area contributed by atoms with Crippen LogP contribution < -0.4 is 4.74 Å². The second-order valence-corrected chi connectivity index (χ2v) is 3.66. The van der Waals surface area contributed by atoms with Crippen LogP contribution in [0, 0.1) is 10.1 Å². The highest BCUT2D eigenvalue weighted by atomic mass is 127. The Balaban J connectivity index is 2.60. The quantitative estimate of drug-likeness (QED) is 0.206. The number of hydrogen-bond donors (Lipinski definition) is 0. The molecule has 0 saturated carbocycles. The molecule has 2 rings (SSSR count). The molecule has 0 aliphatic heterocycles. The average Bonchev–Trinajstić information content (AvgIpc) is 2.77. The number of benzene rings is 1. The molecule has 17 heavy (non-hydrogen) atoms. The van der Waals surface area contributed by atoms with Crippen LogP contribution in [0.1, 0.15) is 0 Å². The van der Waals surface area contributed by atoms with E-state index in [1.165, 1.54) is 12.1 Å². The zero-order valence-electron chi connectivity index (χ0n) is 8.12. The van der Waals surface area contributed by atoms with E-state index in [9.17, 15) is 14.9 Å². The maximum absolute atomic E-state index is 11.2. The van der Waals surface area contributed by atoms with E-state index in [0.29, 0.717) is 0 Å². The lowest BCUT2D eigenvalue weighted by Crippen LogP contribution is -2.10. The van der Waals surface area contributed by atoms with Crippen LogP contribution in [0.3, 0.4) is 0 Å². The lowest BCUT2D eigenvalue weighted by molar-refractivity contribution is -0.385. The Morgan fingerprint density at radius 2 is 2.35 bits per heavy atom. The second-order valence-electron chi connectivity index (χ2n) is 2.90. The molecule has 1 aromatic carbocycles. The number of nitro groups is 1. The third-order valence-corrected chi connectivity index (χ3v) is 2.50. The maximum atomic E-state index is 11.2. The number of carbonyl (C=O) groups is 1. The normalized spacial score (nSPS) is 10.4. The lowest BCUT2D eigenvalue weighted by Gasteiger charge is -2.02. The Bertz CT molecular complexity index is 596. The topological polar surface area (TPSA) is 108 Å². The van der Waals surface area contributed by atoms with Gasteiger partial charge >= 0.3 is 11.7 Å². The molecule has 0 atom stereocenters. The molecule has 0 bridgehead atoms. The largest absolute Gasteiger partial charge is 0.416 e. The Kier molecular flexibility index (Phi) is 3.17. The van der Waals surface area contributed by atoms with Gasteiger partial charge in [0, 0.05) is 11.3 Å². The highest BCUT2D eigenvalue weighted by Gasteiger charge is 2.24. The van der Waals surface area contributed by atoms with Crippen LogP contribution in [0.25, 0.3) is 11.1 Å². The minimum absolute atomic E-state index is 0.0531. The molecule has 9 heteroatoms. The lowest BCUT2D eigenvalue weighted by atomic mass is 10.2. The van der Waals surface area contributed by atoms with Crippen molar-refractivity contribution in [3.05, 3.63) is 22.2 Å². The zero-order chi connectivity index (χ0) is 12.4. The third-order valence-electron chi connectivity index (χ3n) is 1.88. The molecule has 88 valence electrons. The van der Waals surface area contributed by atoms with E-state index in [4.69, 9.17) is 9.26 Å². The van der Waals surface area contributed by atoms with Gasteiger partial charge in [0.2, 0.25) is 5.75 Å². The smallest absolute Gasteiger partial charge is 0.321 e. The Hall–Kier alpha value is -1.78. The van der Waals surface area contributed by atoms with Gasteiger partial charge in [-0.3, -0.25) is 14.9 Å². The fourth-order valence-electron chi connectivity index (χ4n) is 1.20. The number of nitrogens with zero attached hydrogens (tertiary/aromatic N) is 3. The Labute approximate surface area is 107 Å². The van der Waals surface area contributed by atoms with Crippen molar-refractivity contribution in [2.45, 2.75) is 0 Å². The van der Waals surface area contributed by atoms with Crippen molar-refractivity contribution >= 4 is 45.3 Å². The first-order valence-electron chi connectivity index (χ1n) is 4.29. The van der Waals surface area contributed by atoms with Gasteiger partial charge in [-0.1, -0.05) is 22.6 Å². The Morgan fingerprint density at radius 1 is 1.59 bits per heavy atom. The van der Waals surface area contributed by atoms with E-state index in [1.807, 2.05) is 0 Å². The van der Waals surface area contributed by atoms with Gasteiger partial charge in [-0.2, -0.15) is 0 Å². The number of ether oxygens (including phenoxy) is 1. The number of carbonyl (C=O) groups excluding carboxylic acids is 1. The van der Waals surface area contributed by atoms with Gasteiger partial charge in [-0.05, 0) is 6.07 Å². The highest BCUT2D eigenvalue weighted by Crippen LogP contribution is 2.34. The van der Waals surface area contributed by atoms with Crippen LogP contribution in [0.2, 0.25) is 0 Å². The van der Waals surface area contributed by atoms with Crippen molar-refractivity contribution in [3.63, 3.8) is 0 Å². The van der Waals surface area contributed by atoms with Crippen molar-refractivity contribution in [2.24, 2.45) is 0 Å². The predicted octanol–water partition coefficient (Wildman–Crippen LogP) is 1.47. The van der Waals surface area contributed by atoms with Crippen molar-refractivity contribution < 1.29 is 19.0 Å². The summed E-state index contributed by atoms with van der Waals surface area (Å²) in [6.07, 6.45) is 0. The molecule has 1 heterocycles. The molecule has 0 unspecified atom stereocenters. The summed E-state index contributed by atoms with van der Waals surface area (Å²) in [4.78, 5) is 21.3. The number of halogens is 1. The van der Waals surface area contributed by atoms with E-state index < -0.39 is 10.9 Å². The molecule has 8 nitrogen and oxygen atoms in total. The molecule has 0 N–H and O–H groups in total. The summed E-state index contributed by atoms with van der Waals surface area (Å²) >= 11 is 1.79. The fourth-order valence-corrected chi connectivity index (χ4v) is 1.36. The van der Waals surface area contributed by atoms with Gasteiger partial charge in [0.25, 0.3) is 0 Å². The maximum Gasteiger partial charge on any atom is 0.321 e. The molecule has 0 fully saturated rings. The molecule has 0 aliphatic rings. The van der Waals surface area contributed by atoms with Crippen LogP contribution >= 0.6 is 22.6 Å². The van der Waals surface area contributed by atoms with E-state index in [2.05, 4.69) is 10.4 Å². The highest BCUT2D eigenvalue weighted by molar-refractivity contribution is 14.1. The van der Waals surface area contributed by atoms with Gasteiger partial charge < -0.3 is 9.26 Å². The summed E-state index contributed by atoms with van der Waals surface area (Å²) in [5, 5.41) is 17.6. The summed E-state index contributed by atoms with van der Waals surface area (Å²) in [6, 6.07) is 2.51. The Morgan fingerprint density at radius 3 is 3.00 bits per heavy atom. The van der Waals surface area contributed by atoms with Crippen molar-refractivity contribution in [1.82, 2.24) is 10.4 Å². The van der Waals surface area contributed by atoms with Gasteiger partial charge in [0.05, 0.1) is 9.35 Å². The molecule has 0 spiro atoms. The molecule has 2 aromatic rings. The number of fused-ring (bicyclic) bond motifs is 1. The number of rotatable bonds is 3. The van der Waals surface area contributed by atoms with E-state index >= 15 is 0 Å². The van der Waals surface area contributed by atoms with Crippen molar-refractivity contribution in [1.29, 1.82) is 0 Å². The van der Waals surface area contributed by atoms with E-state index in [-0.39, 0.29) is 27.0 Å². The van der Waals surface area contributed by atoms with Gasteiger partial charge in [-0.25, -0.2) is 0 Å². The van der Waals surface area contributed by atoms with E-state index in [0.717, 1.165) is 0 Å². The summed E-state index contributed by atoms with van der Waals surface area (Å²) < 4.78 is 9.67. The number of alkyl halides is 1. The monoisotopic (exact) mass is 349 g/mol. The molecule has 0 saturated heterocycles. The number of nitro benzene ring substituents is 1. The summed E-state index contributed by atoms with van der Waals surface area (Å²) in [7, 11) is 0. The number of hydrogen-bond acceptors (Lipinski definition) is 7. The SMILES string of the molecule is O=C(CI)Oc1c([N+](=O)[O-])ccc2onnc12. The van der Waals surface area contributed by atoms with Crippen LogP contribution in [-0.4, -0.2) is 25.7 Å². The van der Waals surface area contributed by atoms with Crippen LogP contribution in [0.5, 0.6) is 5.75 Å². The standard InChI is InChI=1S/C8H4IN3O5/c9-3-6(13)16-8-4(12(14)15)1-2-5-7(8)10-11-17-5/h1-2H,3H2. The average molecular weight is 349 g/mol. The molecule has 0 radical (unpaired) electrons. The van der Waals surface area contributed by atoms with E-state index in [1.54, 1.807) is 22.6 Å². The molecule has 0 amide bonds. The zero-order valence-corrected chi connectivity index (χ0v) is 10.3. The van der Waals surface area contributed by atoms with Gasteiger partial charge in [-0.15, -0.1) is 5.10 Å². The molecular formula is C8H4IN3O5. The first-order valence-corrected chi connectivity index (χ1v) is 5.82. The van der Waals surface area contributed by atoms with Crippen LogP contribution in [0.15, 0.2) is 16.7 Å². The van der Waals surface area contributed by atoms with Crippen molar-refractivity contribution in [3.8, 4) is 5.75 Å². The first kappa shape index (κ1) is 11.7. The molecule has 1 aromatic heterocycles.